The van der Waals surface area contributed by atoms with Gasteiger partial charge in [-0.2, -0.15) is 8.42 Å². The Kier molecular flexibility index (Phi) is 3.79. The molecule has 0 fully saturated rings. The summed E-state index contributed by atoms with van der Waals surface area (Å²) in [7, 11) is -2.95. The van der Waals surface area contributed by atoms with Gasteiger partial charge in [-0.3, -0.25) is 4.72 Å². The topological polar surface area (TPSA) is 111 Å². The summed E-state index contributed by atoms with van der Waals surface area (Å²) in [5.41, 5.74) is 6.93. The summed E-state index contributed by atoms with van der Waals surface area (Å²) in [5, 5.41) is 0. The lowest BCUT2D eigenvalue weighted by atomic mass is 10.2. The lowest BCUT2D eigenvalue weighted by Crippen LogP contribution is -2.35. The van der Waals surface area contributed by atoms with E-state index < -0.39 is 16.3 Å². The van der Waals surface area contributed by atoms with Gasteiger partial charge in [0.05, 0.1) is 12.8 Å². The van der Waals surface area contributed by atoms with Gasteiger partial charge in [0, 0.05) is 5.69 Å². The molecular formula is C9H13N3O4S. The monoisotopic (exact) mass is 259 g/mol. The second-order valence-electron chi connectivity index (χ2n) is 3.22. The van der Waals surface area contributed by atoms with Crippen molar-refractivity contribution < 1.29 is 17.9 Å². The van der Waals surface area contributed by atoms with Crippen LogP contribution in [-0.4, -0.2) is 21.6 Å². The van der Waals surface area contributed by atoms with Crippen molar-refractivity contribution >= 4 is 27.7 Å². The van der Waals surface area contributed by atoms with E-state index in [-0.39, 0.29) is 0 Å². The summed E-state index contributed by atoms with van der Waals surface area (Å²) in [4.78, 5) is 10.8. The Morgan fingerprint density at radius 2 is 2.06 bits per heavy atom. The van der Waals surface area contributed by atoms with Crippen LogP contribution in [0.4, 0.5) is 16.2 Å². The molecule has 4 N–H and O–H groups in total. The highest BCUT2D eigenvalue weighted by Crippen LogP contribution is 2.20. The zero-order valence-corrected chi connectivity index (χ0v) is 10.2. The van der Waals surface area contributed by atoms with Gasteiger partial charge in [-0.1, -0.05) is 6.07 Å². The SMILES string of the molecule is COC(=O)NS(=O)(=O)Nc1cccc(N)c1C. The highest BCUT2D eigenvalue weighted by molar-refractivity contribution is 7.91. The number of benzene rings is 1. The first-order valence-corrected chi connectivity index (χ1v) is 6.07. The Labute approximate surface area is 99.1 Å². The van der Waals surface area contributed by atoms with Crippen molar-refractivity contribution in [3.05, 3.63) is 23.8 Å². The van der Waals surface area contributed by atoms with Crippen molar-refractivity contribution in [2.75, 3.05) is 17.6 Å². The first kappa shape index (κ1) is 13.1. The van der Waals surface area contributed by atoms with E-state index in [2.05, 4.69) is 9.46 Å². The molecule has 0 aliphatic carbocycles. The Bertz CT molecular complexity index is 527. The molecule has 1 aromatic carbocycles. The molecule has 0 saturated heterocycles. The van der Waals surface area contributed by atoms with E-state index in [1.165, 1.54) is 6.07 Å². The maximum atomic E-state index is 11.5. The normalized spacial score (nSPS) is 10.7. The molecule has 0 bridgehead atoms. The first-order chi connectivity index (χ1) is 7.85. The minimum absolute atomic E-state index is 0.293. The predicted molar refractivity (Wildman–Crippen MR) is 63.7 cm³/mol. The number of carbonyl (C=O) groups excluding carboxylic acids is 1. The van der Waals surface area contributed by atoms with Gasteiger partial charge in [-0.05, 0) is 24.6 Å². The molecule has 0 aromatic heterocycles. The minimum atomic E-state index is -4.02. The summed E-state index contributed by atoms with van der Waals surface area (Å²) < 4.78 is 31.0. The summed E-state index contributed by atoms with van der Waals surface area (Å²) in [6.07, 6.45) is -1.07. The summed E-state index contributed by atoms with van der Waals surface area (Å²) in [6.45, 7) is 1.66. The number of hydrogen-bond acceptors (Lipinski definition) is 5. The number of hydrogen-bond donors (Lipinski definition) is 3. The highest BCUT2D eigenvalue weighted by atomic mass is 32.2. The van der Waals surface area contributed by atoms with Crippen LogP contribution in [0.5, 0.6) is 0 Å². The minimum Gasteiger partial charge on any atom is -0.452 e. The van der Waals surface area contributed by atoms with Gasteiger partial charge in [0.15, 0.2) is 0 Å². The third-order valence-electron chi connectivity index (χ3n) is 2.02. The van der Waals surface area contributed by atoms with Crippen LogP contribution in [0.1, 0.15) is 5.56 Å². The molecule has 0 aliphatic heterocycles. The molecular weight excluding hydrogens is 246 g/mol. The van der Waals surface area contributed by atoms with Crippen LogP contribution in [0.15, 0.2) is 18.2 Å². The van der Waals surface area contributed by atoms with Crippen molar-refractivity contribution in [3.63, 3.8) is 0 Å². The fraction of sp³-hybridized carbons (Fsp3) is 0.222. The van der Waals surface area contributed by atoms with Crippen molar-refractivity contribution in [1.82, 2.24) is 4.72 Å². The van der Waals surface area contributed by atoms with E-state index in [0.717, 1.165) is 7.11 Å². The molecule has 1 aromatic rings. The second kappa shape index (κ2) is 4.91. The molecule has 7 nitrogen and oxygen atoms in total. The van der Waals surface area contributed by atoms with E-state index in [0.29, 0.717) is 16.9 Å². The maximum absolute atomic E-state index is 11.5. The van der Waals surface area contributed by atoms with Crippen LogP contribution in [-0.2, 0) is 14.9 Å². The van der Waals surface area contributed by atoms with Crippen LogP contribution in [0.2, 0.25) is 0 Å². The fourth-order valence-electron chi connectivity index (χ4n) is 1.09. The van der Waals surface area contributed by atoms with Gasteiger partial charge >= 0.3 is 16.3 Å². The number of methoxy groups -OCH3 is 1. The molecule has 1 rings (SSSR count). The van der Waals surface area contributed by atoms with Crippen LogP contribution < -0.4 is 15.2 Å². The quantitative estimate of drug-likeness (QED) is 0.688. The Morgan fingerprint density at radius 3 is 2.65 bits per heavy atom. The Balaban J connectivity index is 2.91. The second-order valence-corrected chi connectivity index (χ2v) is 4.63. The van der Waals surface area contributed by atoms with Gasteiger partial charge in [0.1, 0.15) is 0 Å². The number of rotatable bonds is 3. The molecule has 0 heterocycles. The van der Waals surface area contributed by atoms with Crippen molar-refractivity contribution in [2.45, 2.75) is 6.92 Å². The average Bonchev–Trinajstić information content (AvgIpc) is 2.23. The fourth-order valence-corrected chi connectivity index (χ4v) is 1.95. The molecule has 0 radical (unpaired) electrons. The van der Waals surface area contributed by atoms with Gasteiger partial charge in [-0.15, -0.1) is 0 Å². The smallest absolute Gasteiger partial charge is 0.422 e. The summed E-state index contributed by atoms with van der Waals surface area (Å²) >= 11 is 0. The van der Waals surface area contributed by atoms with E-state index in [1.807, 2.05) is 0 Å². The van der Waals surface area contributed by atoms with E-state index in [4.69, 9.17) is 5.73 Å². The largest absolute Gasteiger partial charge is 0.452 e. The zero-order valence-electron chi connectivity index (χ0n) is 9.35. The van der Waals surface area contributed by atoms with Gasteiger partial charge < -0.3 is 10.5 Å². The van der Waals surface area contributed by atoms with Crippen molar-refractivity contribution in [3.8, 4) is 0 Å². The Morgan fingerprint density at radius 1 is 1.41 bits per heavy atom. The predicted octanol–water partition coefficient (Wildman–Crippen LogP) is 0.590. The molecule has 1 amide bonds. The number of anilines is 2. The molecule has 0 aliphatic rings. The van der Waals surface area contributed by atoms with Gasteiger partial charge in [-0.25, -0.2) is 9.52 Å². The van der Waals surface area contributed by atoms with E-state index in [1.54, 1.807) is 23.8 Å². The average molecular weight is 259 g/mol. The number of nitrogen functional groups attached to an aromatic ring is 1. The number of carbonyl (C=O) groups is 1. The molecule has 8 heteroatoms. The molecule has 0 atom stereocenters. The highest BCUT2D eigenvalue weighted by Gasteiger charge is 2.15. The third-order valence-corrected chi connectivity index (χ3v) is 2.95. The van der Waals surface area contributed by atoms with Crippen LogP contribution in [0.3, 0.4) is 0 Å². The molecule has 0 saturated carbocycles. The molecule has 0 spiro atoms. The maximum Gasteiger partial charge on any atom is 0.422 e. The number of ether oxygens (including phenoxy) is 1. The van der Waals surface area contributed by atoms with Gasteiger partial charge in [0.25, 0.3) is 0 Å². The third kappa shape index (κ3) is 3.52. The molecule has 94 valence electrons. The van der Waals surface area contributed by atoms with Crippen molar-refractivity contribution in [1.29, 1.82) is 0 Å². The standard InChI is InChI=1S/C9H13N3O4S/c1-6-7(10)4-3-5-8(6)11-17(14,15)12-9(13)16-2/h3-5,11H,10H2,1-2H3,(H,12,13). The Hall–Kier alpha value is -1.96. The number of amides is 1. The van der Waals surface area contributed by atoms with Gasteiger partial charge in [0.2, 0.25) is 0 Å². The van der Waals surface area contributed by atoms with E-state index >= 15 is 0 Å². The first-order valence-electron chi connectivity index (χ1n) is 4.59. The summed E-state index contributed by atoms with van der Waals surface area (Å²) in [6, 6.07) is 4.77. The van der Waals surface area contributed by atoms with Crippen LogP contribution in [0, 0.1) is 6.92 Å². The lowest BCUT2D eigenvalue weighted by Gasteiger charge is -2.11. The number of nitrogens with two attached hydrogens (primary N) is 1. The lowest BCUT2D eigenvalue weighted by molar-refractivity contribution is 0.177. The molecule has 0 unspecified atom stereocenters. The van der Waals surface area contributed by atoms with E-state index in [9.17, 15) is 13.2 Å². The summed E-state index contributed by atoms with van der Waals surface area (Å²) in [5.74, 6) is 0. The zero-order chi connectivity index (χ0) is 13.1. The van der Waals surface area contributed by atoms with Crippen molar-refractivity contribution in [2.24, 2.45) is 0 Å². The van der Waals surface area contributed by atoms with Crippen LogP contribution >= 0.6 is 0 Å². The number of nitrogens with one attached hydrogen (secondary N) is 2. The molecule has 17 heavy (non-hydrogen) atoms. The van der Waals surface area contributed by atoms with Crippen LogP contribution in [0.25, 0.3) is 0 Å².